The Hall–Kier alpha value is -2.25. The van der Waals surface area contributed by atoms with Crippen LogP contribution in [-0.4, -0.2) is 55.5 Å². The molecule has 7 nitrogen and oxygen atoms in total. The Morgan fingerprint density at radius 1 is 1.27 bits per heavy atom. The first-order valence-corrected chi connectivity index (χ1v) is 9.32. The SMILES string of the molecule is Cc1nc(CN(C)[C@H]2CCCN(Cc3cccc4nccn34)CC2)no1. The van der Waals surface area contributed by atoms with Gasteiger partial charge >= 0.3 is 0 Å². The van der Waals surface area contributed by atoms with Crippen LogP contribution in [0.15, 0.2) is 35.1 Å². The lowest BCUT2D eigenvalue weighted by Gasteiger charge is -2.26. The van der Waals surface area contributed by atoms with Crippen molar-refractivity contribution in [1.29, 1.82) is 0 Å². The fourth-order valence-electron chi connectivity index (χ4n) is 3.86. The molecule has 4 heterocycles. The number of hydrogen-bond acceptors (Lipinski definition) is 6. The van der Waals surface area contributed by atoms with E-state index in [1.165, 1.54) is 18.5 Å². The molecule has 26 heavy (non-hydrogen) atoms. The molecule has 0 bridgehead atoms. The molecule has 0 N–H and O–H groups in total. The van der Waals surface area contributed by atoms with Crippen molar-refractivity contribution < 1.29 is 4.52 Å². The Kier molecular flexibility index (Phi) is 4.99. The van der Waals surface area contributed by atoms with Gasteiger partial charge in [0.25, 0.3) is 0 Å². The predicted molar refractivity (Wildman–Crippen MR) is 98.6 cm³/mol. The molecule has 3 aromatic heterocycles. The fourth-order valence-corrected chi connectivity index (χ4v) is 3.86. The van der Waals surface area contributed by atoms with Crippen LogP contribution in [0.3, 0.4) is 0 Å². The first kappa shape index (κ1) is 17.2. The van der Waals surface area contributed by atoms with Crippen molar-refractivity contribution in [2.75, 3.05) is 20.1 Å². The van der Waals surface area contributed by atoms with E-state index in [4.69, 9.17) is 4.52 Å². The number of pyridine rings is 1. The van der Waals surface area contributed by atoms with Crippen molar-refractivity contribution in [3.8, 4) is 0 Å². The van der Waals surface area contributed by atoms with Gasteiger partial charge in [-0.25, -0.2) is 4.98 Å². The quantitative estimate of drug-likeness (QED) is 0.702. The molecular weight excluding hydrogens is 328 g/mol. The molecule has 1 fully saturated rings. The molecule has 1 aliphatic rings. The second-order valence-electron chi connectivity index (χ2n) is 7.18. The van der Waals surface area contributed by atoms with Crippen molar-refractivity contribution in [2.24, 2.45) is 0 Å². The van der Waals surface area contributed by atoms with Crippen LogP contribution in [0.2, 0.25) is 0 Å². The van der Waals surface area contributed by atoms with E-state index >= 15 is 0 Å². The van der Waals surface area contributed by atoms with E-state index in [-0.39, 0.29) is 0 Å². The molecule has 4 rings (SSSR count). The van der Waals surface area contributed by atoms with Crippen LogP contribution in [0.1, 0.15) is 36.7 Å². The number of likely N-dealkylation sites (tertiary alicyclic amines) is 1. The van der Waals surface area contributed by atoms with Crippen LogP contribution in [0, 0.1) is 6.92 Å². The molecule has 0 aliphatic carbocycles. The smallest absolute Gasteiger partial charge is 0.223 e. The topological polar surface area (TPSA) is 62.7 Å². The maximum atomic E-state index is 5.09. The summed E-state index contributed by atoms with van der Waals surface area (Å²) in [6.45, 7) is 5.79. The van der Waals surface area contributed by atoms with Crippen LogP contribution < -0.4 is 0 Å². The third-order valence-electron chi connectivity index (χ3n) is 5.27. The number of hydrogen-bond donors (Lipinski definition) is 0. The normalized spacial score (nSPS) is 19.3. The Balaban J connectivity index is 1.36. The molecule has 0 unspecified atom stereocenters. The minimum atomic E-state index is 0.558. The van der Waals surface area contributed by atoms with Gasteiger partial charge in [0.15, 0.2) is 5.82 Å². The second kappa shape index (κ2) is 7.55. The molecular formula is C19H26N6O. The highest BCUT2D eigenvalue weighted by Gasteiger charge is 2.22. The van der Waals surface area contributed by atoms with Crippen LogP contribution >= 0.6 is 0 Å². The summed E-state index contributed by atoms with van der Waals surface area (Å²) in [6, 6.07) is 6.90. The van der Waals surface area contributed by atoms with Gasteiger partial charge in [0.1, 0.15) is 5.65 Å². The summed E-state index contributed by atoms with van der Waals surface area (Å²) in [5.41, 5.74) is 2.32. The molecule has 0 radical (unpaired) electrons. The average Bonchev–Trinajstić information content (AvgIpc) is 3.20. The summed E-state index contributed by atoms with van der Waals surface area (Å²) in [5.74, 6) is 1.41. The van der Waals surface area contributed by atoms with Crippen molar-refractivity contribution >= 4 is 5.65 Å². The minimum absolute atomic E-state index is 0.558. The van der Waals surface area contributed by atoms with Crippen molar-refractivity contribution in [3.63, 3.8) is 0 Å². The molecule has 0 spiro atoms. The van der Waals surface area contributed by atoms with Crippen LogP contribution in [-0.2, 0) is 13.1 Å². The first-order valence-electron chi connectivity index (χ1n) is 9.32. The number of rotatable bonds is 5. The lowest BCUT2D eigenvalue weighted by molar-refractivity contribution is 0.199. The Labute approximate surface area is 153 Å². The highest BCUT2D eigenvalue weighted by molar-refractivity contribution is 5.39. The molecule has 0 saturated carbocycles. The fraction of sp³-hybridized carbons (Fsp3) is 0.526. The number of imidazole rings is 1. The van der Waals surface area contributed by atoms with E-state index < -0.39 is 0 Å². The van der Waals surface area contributed by atoms with E-state index in [1.54, 1.807) is 0 Å². The zero-order valence-corrected chi connectivity index (χ0v) is 15.5. The Morgan fingerprint density at radius 3 is 3.04 bits per heavy atom. The van der Waals surface area contributed by atoms with E-state index in [1.807, 2.05) is 19.3 Å². The average molecular weight is 354 g/mol. The summed E-state index contributed by atoms with van der Waals surface area (Å²) in [6.07, 6.45) is 7.49. The lowest BCUT2D eigenvalue weighted by atomic mass is 10.1. The molecule has 138 valence electrons. The number of aromatic nitrogens is 4. The zero-order chi connectivity index (χ0) is 17.9. The van der Waals surface area contributed by atoms with E-state index in [0.717, 1.165) is 44.1 Å². The molecule has 1 saturated heterocycles. The lowest BCUT2D eigenvalue weighted by Crippen LogP contribution is -2.33. The highest BCUT2D eigenvalue weighted by Crippen LogP contribution is 2.19. The maximum absolute atomic E-state index is 5.09. The molecule has 1 aliphatic heterocycles. The molecule has 7 heteroatoms. The van der Waals surface area contributed by atoms with Gasteiger partial charge in [0.2, 0.25) is 5.89 Å². The van der Waals surface area contributed by atoms with Crippen LogP contribution in [0.4, 0.5) is 0 Å². The summed E-state index contributed by atoms with van der Waals surface area (Å²) in [7, 11) is 2.16. The maximum Gasteiger partial charge on any atom is 0.223 e. The van der Waals surface area contributed by atoms with Gasteiger partial charge in [-0.3, -0.25) is 9.80 Å². The van der Waals surface area contributed by atoms with Crippen molar-refractivity contribution in [1.82, 2.24) is 29.3 Å². The summed E-state index contributed by atoms with van der Waals surface area (Å²) in [5, 5.41) is 4.02. The zero-order valence-electron chi connectivity index (χ0n) is 15.5. The molecule has 0 aromatic carbocycles. The standard InChI is InChI=1S/C19H26N6O/c1-15-21-18(22-26-15)14-23(2)16-6-4-10-24(11-8-16)13-17-5-3-7-19-20-9-12-25(17)19/h3,5,7,9,12,16H,4,6,8,10-11,13-14H2,1-2H3/t16-/m0/s1. The molecule has 1 atom stereocenters. The summed E-state index contributed by atoms with van der Waals surface area (Å²) in [4.78, 5) is 13.6. The van der Waals surface area contributed by atoms with E-state index in [0.29, 0.717) is 11.9 Å². The van der Waals surface area contributed by atoms with E-state index in [2.05, 4.69) is 54.6 Å². The van der Waals surface area contributed by atoms with Gasteiger partial charge in [-0.2, -0.15) is 4.98 Å². The number of nitrogens with zero attached hydrogens (tertiary/aromatic N) is 6. The van der Waals surface area contributed by atoms with E-state index in [9.17, 15) is 0 Å². The molecule has 3 aromatic rings. The van der Waals surface area contributed by atoms with Crippen LogP contribution in [0.25, 0.3) is 5.65 Å². The molecule has 0 amide bonds. The number of aryl methyl sites for hydroxylation is 1. The number of fused-ring (bicyclic) bond motifs is 1. The van der Waals surface area contributed by atoms with Crippen molar-refractivity contribution in [2.45, 2.75) is 45.3 Å². The van der Waals surface area contributed by atoms with Gasteiger partial charge in [0.05, 0.1) is 6.54 Å². The third-order valence-corrected chi connectivity index (χ3v) is 5.27. The van der Waals surface area contributed by atoms with Gasteiger partial charge in [-0.15, -0.1) is 0 Å². The second-order valence-corrected chi connectivity index (χ2v) is 7.18. The largest absolute Gasteiger partial charge is 0.340 e. The van der Waals surface area contributed by atoms with Crippen molar-refractivity contribution in [3.05, 3.63) is 48.0 Å². The Bertz CT molecular complexity index is 856. The van der Waals surface area contributed by atoms with Crippen LogP contribution in [0.5, 0.6) is 0 Å². The first-order chi connectivity index (χ1) is 12.7. The van der Waals surface area contributed by atoms with Gasteiger partial charge in [-0.05, 0) is 45.0 Å². The predicted octanol–water partition coefficient (Wildman–Crippen LogP) is 2.51. The monoisotopic (exact) mass is 354 g/mol. The van der Waals surface area contributed by atoms with Gasteiger partial charge in [-0.1, -0.05) is 11.2 Å². The van der Waals surface area contributed by atoms with Gasteiger partial charge in [0, 0.05) is 44.1 Å². The third kappa shape index (κ3) is 3.78. The summed E-state index contributed by atoms with van der Waals surface area (Å²) < 4.78 is 7.27. The highest BCUT2D eigenvalue weighted by atomic mass is 16.5. The van der Waals surface area contributed by atoms with Gasteiger partial charge < -0.3 is 8.92 Å². The Morgan fingerprint density at radius 2 is 2.19 bits per heavy atom. The minimum Gasteiger partial charge on any atom is -0.340 e. The summed E-state index contributed by atoms with van der Waals surface area (Å²) >= 11 is 0.